The van der Waals surface area contributed by atoms with Crippen LogP contribution in [0.4, 0.5) is 0 Å². The van der Waals surface area contributed by atoms with E-state index in [1.165, 1.54) is 0 Å². The van der Waals surface area contributed by atoms with Crippen molar-refractivity contribution in [3.05, 3.63) is 24.3 Å². The van der Waals surface area contributed by atoms with Crippen LogP contribution in [0.3, 0.4) is 0 Å². The van der Waals surface area contributed by atoms with Crippen LogP contribution in [0.5, 0.6) is 11.5 Å². The molecule has 0 aliphatic carbocycles. The van der Waals surface area contributed by atoms with E-state index in [1.807, 2.05) is 18.2 Å². The molecule has 0 bridgehead atoms. The Bertz CT molecular complexity index is 230. The second-order valence-electron chi connectivity index (χ2n) is 1.82. The SMILES string of the molecule is C=[O+]c1cccc(OC)c1. The minimum absolute atomic E-state index is 0.708. The first-order chi connectivity index (χ1) is 4.86. The van der Waals surface area contributed by atoms with Crippen molar-refractivity contribution in [1.29, 1.82) is 0 Å². The zero-order valence-electron chi connectivity index (χ0n) is 5.83. The maximum Gasteiger partial charge on any atom is 0.355 e. The van der Waals surface area contributed by atoms with Crippen LogP contribution in [-0.4, -0.2) is 13.9 Å². The smallest absolute Gasteiger partial charge is 0.355 e. The molecule has 1 aromatic carbocycles. The van der Waals surface area contributed by atoms with E-state index in [2.05, 4.69) is 6.79 Å². The number of ether oxygens (including phenoxy) is 1. The zero-order chi connectivity index (χ0) is 7.40. The Labute approximate surface area is 59.8 Å². The summed E-state index contributed by atoms with van der Waals surface area (Å²) in [5.74, 6) is 1.49. The lowest BCUT2D eigenvalue weighted by Crippen LogP contribution is -1.80. The Kier molecular flexibility index (Phi) is 2.05. The molecule has 0 radical (unpaired) electrons. The van der Waals surface area contributed by atoms with Gasteiger partial charge in [0.2, 0.25) is 0 Å². The van der Waals surface area contributed by atoms with Gasteiger partial charge in [0, 0.05) is 6.07 Å². The Morgan fingerprint density at radius 1 is 1.50 bits per heavy atom. The summed E-state index contributed by atoms with van der Waals surface area (Å²) in [6, 6.07) is 7.28. The number of benzene rings is 1. The first-order valence-corrected chi connectivity index (χ1v) is 2.93. The highest BCUT2D eigenvalue weighted by Crippen LogP contribution is 2.17. The molecule has 0 aliphatic rings. The van der Waals surface area contributed by atoms with Gasteiger partial charge < -0.3 is 4.74 Å². The molecule has 0 saturated carbocycles. The second-order valence-corrected chi connectivity index (χ2v) is 1.82. The molecule has 2 heteroatoms. The Balaban J connectivity index is 2.98. The van der Waals surface area contributed by atoms with Gasteiger partial charge in [0.05, 0.1) is 13.2 Å². The fourth-order valence-corrected chi connectivity index (χ4v) is 0.691. The zero-order valence-corrected chi connectivity index (χ0v) is 5.83. The topological polar surface area (TPSA) is 20.5 Å². The van der Waals surface area contributed by atoms with Crippen LogP contribution < -0.4 is 4.74 Å². The van der Waals surface area contributed by atoms with E-state index in [9.17, 15) is 0 Å². The number of methoxy groups -OCH3 is 1. The number of hydrogen-bond donors (Lipinski definition) is 0. The third-order valence-electron chi connectivity index (χ3n) is 1.21. The van der Waals surface area contributed by atoms with E-state index in [-0.39, 0.29) is 0 Å². The van der Waals surface area contributed by atoms with Crippen molar-refractivity contribution < 1.29 is 9.16 Å². The van der Waals surface area contributed by atoms with Gasteiger partial charge in [0.25, 0.3) is 6.79 Å². The molecule has 0 unspecified atom stereocenters. The highest BCUT2D eigenvalue weighted by molar-refractivity contribution is 5.32. The standard InChI is InChI=1S/C8H9O2/c1-9-7-4-3-5-8(6-7)10-2/h3-6H,1H2,2H3/q+1. The molecule has 0 fully saturated rings. The summed E-state index contributed by atoms with van der Waals surface area (Å²) in [5, 5.41) is 0. The average Bonchev–Trinajstić information content (AvgIpc) is 2.05. The van der Waals surface area contributed by atoms with Gasteiger partial charge in [0.1, 0.15) is 5.75 Å². The normalized spacial score (nSPS) is 8.90. The van der Waals surface area contributed by atoms with Gasteiger partial charge in [-0.2, -0.15) is 0 Å². The molecular weight excluding hydrogens is 128 g/mol. The lowest BCUT2D eigenvalue weighted by molar-refractivity contribution is -0.354. The summed E-state index contributed by atoms with van der Waals surface area (Å²) < 4.78 is 9.68. The summed E-state index contributed by atoms with van der Waals surface area (Å²) in [5.41, 5.74) is 0. The fourth-order valence-electron chi connectivity index (χ4n) is 0.691. The Hall–Kier alpha value is -1.31. The predicted octanol–water partition coefficient (Wildman–Crippen LogP) is 1.77. The highest BCUT2D eigenvalue weighted by Gasteiger charge is 1.99. The van der Waals surface area contributed by atoms with Crippen LogP contribution in [0.25, 0.3) is 0 Å². The molecule has 0 aliphatic heterocycles. The monoisotopic (exact) mass is 137 g/mol. The van der Waals surface area contributed by atoms with Crippen molar-refractivity contribution in [2.45, 2.75) is 0 Å². The molecule has 1 aromatic rings. The highest BCUT2D eigenvalue weighted by atomic mass is 16.5. The van der Waals surface area contributed by atoms with E-state index in [4.69, 9.17) is 9.16 Å². The molecule has 0 atom stereocenters. The van der Waals surface area contributed by atoms with Gasteiger partial charge in [-0.1, -0.05) is 0 Å². The van der Waals surface area contributed by atoms with Crippen LogP contribution in [-0.2, 0) is 4.42 Å². The summed E-state index contributed by atoms with van der Waals surface area (Å²) in [6.07, 6.45) is 0. The molecule has 0 heterocycles. The molecule has 2 nitrogen and oxygen atoms in total. The van der Waals surface area contributed by atoms with E-state index in [0.717, 1.165) is 5.75 Å². The van der Waals surface area contributed by atoms with Crippen LogP contribution in [0.2, 0.25) is 0 Å². The van der Waals surface area contributed by atoms with Crippen molar-refractivity contribution >= 4 is 6.79 Å². The van der Waals surface area contributed by atoms with Crippen LogP contribution in [0.1, 0.15) is 0 Å². The average molecular weight is 137 g/mol. The van der Waals surface area contributed by atoms with Gasteiger partial charge >= 0.3 is 5.75 Å². The largest absolute Gasteiger partial charge is 0.496 e. The van der Waals surface area contributed by atoms with E-state index in [0.29, 0.717) is 5.75 Å². The molecular formula is C8H9O2+. The van der Waals surface area contributed by atoms with E-state index >= 15 is 0 Å². The Morgan fingerprint density at radius 2 is 2.30 bits per heavy atom. The van der Waals surface area contributed by atoms with Crippen LogP contribution in [0.15, 0.2) is 24.3 Å². The molecule has 0 saturated heterocycles. The van der Waals surface area contributed by atoms with Crippen molar-refractivity contribution in [1.82, 2.24) is 0 Å². The molecule has 0 amide bonds. The maximum atomic E-state index is 4.95. The molecule has 10 heavy (non-hydrogen) atoms. The summed E-state index contributed by atoms with van der Waals surface area (Å²) in [7, 11) is 1.61. The lowest BCUT2D eigenvalue weighted by Gasteiger charge is -1.93. The van der Waals surface area contributed by atoms with E-state index < -0.39 is 0 Å². The summed E-state index contributed by atoms with van der Waals surface area (Å²) in [4.78, 5) is 0. The minimum Gasteiger partial charge on any atom is -0.496 e. The first kappa shape index (κ1) is 6.81. The third kappa shape index (κ3) is 1.35. The van der Waals surface area contributed by atoms with Crippen molar-refractivity contribution in [2.75, 3.05) is 7.11 Å². The lowest BCUT2D eigenvalue weighted by atomic mass is 10.3. The number of carbonyl (C=O) groups excluding carboxylic acids is 1. The van der Waals surface area contributed by atoms with Crippen molar-refractivity contribution in [3.8, 4) is 11.5 Å². The van der Waals surface area contributed by atoms with Gasteiger partial charge in [-0.25, -0.2) is 4.42 Å². The molecule has 0 N–H and O–H groups in total. The predicted molar refractivity (Wildman–Crippen MR) is 39.6 cm³/mol. The quantitative estimate of drug-likeness (QED) is 0.569. The summed E-state index contributed by atoms with van der Waals surface area (Å²) >= 11 is 0. The van der Waals surface area contributed by atoms with Crippen molar-refractivity contribution in [3.63, 3.8) is 0 Å². The van der Waals surface area contributed by atoms with Crippen LogP contribution in [0, 0.1) is 0 Å². The van der Waals surface area contributed by atoms with Gasteiger partial charge in [-0.05, 0) is 12.1 Å². The number of hydrogen-bond acceptors (Lipinski definition) is 1. The van der Waals surface area contributed by atoms with Gasteiger partial charge in [-0.15, -0.1) is 0 Å². The molecule has 1 rings (SSSR count). The molecule has 52 valence electrons. The van der Waals surface area contributed by atoms with Crippen molar-refractivity contribution in [2.24, 2.45) is 0 Å². The van der Waals surface area contributed by atoms with E-state index in [1.54, 1.807) is 13.2 Å². The number of rotatable bonds is 2. The third-order valence-corrected chi connectivity index (χ3v) is 1.21. The molecule has 0 spiro atoms. The summed E-state index contributed by atoms with van der Waals surface area (Å²) in [6.45, 7) is 3.28. The van der Waals surface area contributed by atoms with Crippen LogP contribution >= 0.6 is 0 Å². The van der Waals surface area contributed by atoms with Gasteiger partial charge in [0.15, 0.2) is 0 Å². The second kappa shape index (κ2) is 3.01. The Morgan fingerprint density at radius 3 is 2.90 bits per heavy atom. The fraction of sp³-hybridized carbons (Fsp3) is 0.125. The minimum atomic E-state index is 0.708. The first-order valence-electron chi connectivity index (χ1n) is 2.93. The molecule has 0 aromatic heterocycles. The van der Waals surface area contributed by atoms with Gasteiger partial charge in [-0.3, -0.25) is 0 Å². The maximum absolute atomic E-state index is 4.95.